The Kier molecular flexibility index (Phi) is 3.46. The van der Waals surface area contributed by atoms with Crippen LogP contribution in [0.2, 0.25) is 0 Å². The second-order valence-electron chi connectivity index (χ2n) is 8.25. The Bertz CT molecular complexity index is 333. The van der Waals surface area contributed by atoms with Crippen molar-refractivity contribution in [2.75, 3.05) is 19.6 Å². The van der Waals surface area contributed by atoms with Crippen molar-refractivity contribution in [2.45, 2.75) is 71.9 Å². The average molecular weight is 264 g/mol. The van der Waals surface area contributed by atoms with Gasteiger partial charge in [0.05, 0.1) is 0 Å². The molecule has 2 nitrogen and oxygen atoms in total. The van der Waals surface area contributed by atoms with E-state index in [4.69, 9.17) is 0 Å². The lowest BCUT2D eigenvalue weighted by Gasteiger charge is -2.46. The number of hydrogen-bond donors (Lipinski definition) is 1. The van der Waals surface area contributed by atoms with E-state index in [0.29, 0.717) is 10.8 Å². The van der Waals surface area contributed by atoms with Gasteiger partial charge in [0.2, 0.25) is 0 Å². The molecule has 3 rings (SSSR count). The van der Waals surface area contributed by atoms with Crippen LogP contribution < -0.4 is 5.32 Å². The number of rotatable bonds is 3. The molecule has 3 fully saturated rings. The van der Waals surface area contributed by atoms with Gasteiger partial charge in [0, 0.05) is 18.6 Å². The van der Waals surface area contributed by atoms with Crippen molar-refractivity contribution < 1.29 is 0 Å². The fourth-order valence-electron chi connectivity index (χ4n) is 5.43. The maximum Gasteiger partial charge on any atom is 0.0198 e. The minimum Gasteiger partial charge on any atom is -0.309 e. The molecule has 2 unspecified atom stereocenters. The first-order chi connectivity index (χ1) is 8.95. The van der Waals surface area contributed by atoms with Crippen molar-refractivity contribution in [3.63, 3.8) is 0 Å². The predicted octanol–water partition coefficient (Wildman–Crippen LogP) is 3.28. The highest BCUT2D eigenvalue weighted by atomic mass is 15.2. The maximum absolute atomic E-state index is 4.10. The van der Waals surface area contributed by atoms with Gasteiger partial charge in [-0.1, -0.05) is 27.7 Å². The molecule has 2 heteroatoms. The molecule has 1 aliphatic heterocycles. The third-order valence-corrected chi connectivity index (χ3v) is 6.62. The Morgan fingerprint density at radius 1 is 1.21 bits per heavy atom. The first kappa shape index (κ1) is 13.9. The molecule has 1 heterocycles. The Morgan fingerprint density at radius 3 is 2.63 bits per heavy atom. The number of likely N-dealkylation sites (tertiary alicyclic amines) is 1. The van der Waals surface area contributed by atoms with Gasteiger partial charge in [-0.05, 0) is 61.9 Å². The average Bonchev–Trinajstić information content (AvgIpc) is 2.86. The fraction of sp³-hybridized carbons (Fsp3) is 1.00. The molecule has 1 N–H and O–H groups in total. The summed E-state index contributed by atoms with van der Waals surface area (Å²) >= 11 is 0. The molecule has 0 aromatic heterocycles. The van der Waals surface area contributed by atoms with E-state index in [2.05, 4.69) is 37.9 Å². The van der Waals surface area contributed by atoms with Crippen molar-refractivity contribution >= 4 is 0 Å². The van der Waals surface area contributed by atoms with Crippen molar-refractivity contribution in [3.8, 4) is 0 Å². The van der Waals surface area contributed by atoms with Crippen molar-refractivity contribution in [1.29, 1.82) is 0 Å². The van der Waals surface area contributed by atoms with Gasteiger partial charge in [-0.25, -0.2) is 0 Å². The van der Waals surface area contributed by atoms with Gasteiger partial charge in [-0.15, -0.1) is 0 Å². The van der Waals surface area contributed by atoms with E-state index in [1.54, 1.807) is 0 Å². The first-order valence-corrected chi connectivity index (χ1v) is 8.44. The van der Waals surface area contributed by atoms with E-state index < -0.39 is 0 Å². The molecular formula is C17H32N2. The minimum atomic E-state index is 0.501. The lowest BCUT2D eigenvalue weighted by Crippen LogP contribution is -2.57. The van der Waals surface area contributed by atoms with Gasteiger partial charge in [-0.2, -0.15) is 0 Å². The molecular weight excluding hydrogens is 232 g/mol. The van der Waals surface area contributed by atoms with Gasteiger partial charge in [-0.3, -0.25) is 0 Å². The van der Waals surface area contributed by atoms with Crippen LogP contribution in [-0.4, -0.2) is 36.6 Å². The highest BCUT2D eigenvalue weighted by molar-refractivity contribution is 5.12. The van der Waals surface area contributed by atoms with Crippen LogP contribution in [0, 0.1) is 16.7 Å². The van der Waals surface area contributed by atoms with Crippen molar-refractivity contribution in [3.05, 3.63) is 0 Å². The molecule has 0 radical (unpaired) electrons. The van der Waals surface area contributed by atoms with Crippen LogP contribution in [0.25, 0.3) is 0 Å². The lowest BCUT2D eigenvalue weighted by molar-refractivity contribution is 0.0809. The van der Waals surface area contributed by atoms with Crippen LogP contribution in [0.3, 0.4) is 0 Å². The van der Waals surface area contributed by atoms with Crippen LogP contribution in [-0.2, 0) is 0 Å². The van der Waals surface area contributed by atoms with E-state index in [-0.39, 0.29) is 0 Å². The van der Waals surface area contributed by atoms with Gasteiger partial charge in [0.25, 0.3) is 0 Å². The second-order valence-corrected chi connectivity index (χ2v) is 8.25. The summed E-state index contributed by atoms with van der Waals surface area (Å²) in [6.45, 7) is 13.7. The Morgan fingerprint density at radius 2 is 2.00 bits per heavy atom. The zero-order valence-electron chi connectivity index (χ0n) is 13.3. The van der Waals surface area contributed by atoms with Crippen LogP contribution in [0.4, 0.5) is 0 Å². The summed E-state index contributed by atoms with van der Waals surface area (Å²) in [6, 6.07) is 1.47. The molecule has 0 aromatic rings. The van der Waals surface area contributed by atoms with E-state index in [1.807, 2.05) is 0 Å². The van der Waals surface area contributed by atoms with E-state index in [9.17, 15) is 0 Å². The number of nitrogens with one attached hydrogen (secondary N) is 1. The van der Waals surface area contributed by atoms with E-state index in [1.165, 1.54) is 51.7 Å². The highest BCUT2D eigenvalue weighted by Crippen LogP contribution is 2.62. The van der Waals surface area contributed by atoms with Crippen molar-refractivity contribution in [1.82, 2.24) is 10.2 Å². The molecule has 1 saturated heterocycles. The predicted molar refractivity (Wildman–Crippen MR) is 81.3 cm³/mol. The van der Waals surface area contributed by atoms with Crippen LogP contribution in [0.5, 0.6) is 0 Å². The largest absolute Gasteiger partial charge is 0.309 e. The quantitative estimate of drug-likeness (QED) is 0.841. The summed E-state index contributed by atoms with van der Waals surface area (Å²) in [5.41, 5.74) is 1.07. The van der Waals surface area contributed by atoms with Gasteiger partial charge < -0.3 is 10.2 Å². The van der Waals surface area contributed by atoms with Gasteiger partial charge in [0.15, 0.2) is 0 Å². The number of hydrogen-bond acceptors (Lipinski definition) is 2. The van der Waals surface area contributed by atoms with Crippen LogP contribution >= 0.6 is 0 Å². The van der Waals surface area contributed by atoms with Gasteiger partial charge in [0.1, 0.15) is 0 Å². The SMILES string of the molecule is CCN1CCCC(NC2C(C)(C)[C@H]3CC[C@]2(C)C3)C1. The number of piperidine rings is 1. The number of nitrogens with zero attached hydrogens (tertiary/aromatic N) is 1. The van der Waals surface area contributed by atoms with E-state index >= 15 is 0 Å². The molecule has 3 aliphatic rings. The smallest absolute Gasteiger partial charge is 0.0198 e. The molecule has 2 saturated carbocycles. The molecule has 19 heavy (non-hydrogen) atoms. The topological polar surface area (TPSA) is 15.3 Å². The summed E-state index contributed by atoms with van der Waals surface area (Å²) in [5.74, 6) is 0.959. The zero-order valence-corrected chi connectivity index (χ0v) is 13.3. The van der Waals surface area contributed by atoms with E-state index in [0.717, 1.165) is 18.0 Å². The fourth-order valence-corrected chi connectivity index (χ4v) is 5.43. The molecule has 0 aromatic carbocycles. The third-order valence-electron chi connectivity index (χ3n) is 6.62. The standard InChI is InChI=1S/C17H32N2/c1-5-19-10-6-7-14(12-19)18-15-16(2,3)13-8-9-17(15,4)11-13/h13-15,18H,5-12H2,1-4H3/t13-,14?,15?,17+/m0/s1. The molecule has 2 aliphatic carbocycles. The summed E-state index contributed by atoms with van der Waals surface area (Å²) in [7, 11) is 0. The second kappa shape index (κ2) is 4.73. The Hall–Kier alpha value is -0.0800. The minimum absolute atomic E-state index is 0.501. The normalized spacial score (nSPS) is 45.8. The number of fused-ring (bicyclic) bond motifs is 2. The maximum atomic E-state index is 4.10. The van der Waals surface area contributed by atoms with Gasteiger partial charge >= 0.3 is 0 Å². The Balaban J connectivity index is 1.69. The summed E-state index contributed by atoms with van der Waals surface area (Å²) in [4.78, 5) is 2.61. The molecule has 0 amide bonds. The summed E-state index contributed by atoms with van der Waals surface area (Å²) in [6.07, 6.45) is 7.13. The molecule has 0 spiro atoms. The molecule has 4 atom stereocenters. The lowest BCUT2D eigenvalue weighted by atomic mass is 9.68. The third kappa shape index (κ3) is 2.25. The highest BCUT2D eigenvalue weighted by Gasteiger charge is 2.59. The monoisotopic (exact) mass is 264 g/mol. The summed E-state index contributed by atoms with van der Waals surface area (Å²) in [5, 5.41) is 4.10. The first-order valence-electron chi connectivity index (χ1n) is 8.44. The van der Waals surface area contributed by atoms with Crippen LogP contribution in [0.1, 0.15) is 59.8 Å². The zero-order chi connectivity index (χ0) is 13.7. The molecule has 110 valence electrons. The summed E-state index contributed by atoms with van der Waals surface area (Å²) < 4.78 is 0. The molecule has 2 bridgehead atoms. The Labute approximate surface area is 119 Å². The number of likely N-dealkylation sites (N-methyl/N-ethyl adjacent to an activating group) is 1. The van der Waals surface area contributed by atoms with Crippen LogP contribution in [0.15, 0.2) is 0 Å². The van der Waals surface area contributed by atoms with Crippen molar-refractivity contribution in [2.24, 2.45) is 16.7 Å².